The van der Waals surface area contributed by atoms with Crippen molar-refractivity contribution >= 4 is 23.3 Å². The minimum Gasteiger partial charge on any atom is -0.478 e. The first-order valence-electron chi connectivity index (χ1n) is 6.88. The summed E-state index contributed by atoms with van der Waals surface area (Å²) in [6.07, 6.45) is 0. The standard InChI is InChI=1S/C16H14N2O6/c1-10-8-11(16(20)21)6-7-12(10)17-15(19)9-24-14-5-3-2-4-13(14)18(22)23/h2-8H,9H2,1H3,(H,17,19)(H,20,21). The Morgan fingerprint density at radius 1 is 1.25 bits per heavy atom. The number of nitrogens with one attached hydrogen (secondary N) is 1. The molecule has 1 amide bonds. The number of para-hydroxylation sites is 2. The van der Waals surface area contributed by atoms with E-state index in [1.54, 1.807) is 13.0 Å². The normalized spacial score (nSPS) is 10.0. The van der Waals surface area contributed by atoms with Crippen LogP contribution in [0.15, 0.2) is 42.5 Å². The number of anilines is 1. The van der Waals surface area contributed by atoms with Gasteiger partial charge in [-0.05, 0) is 36.8 Å². The van der Waals surface area contributed by atoms with Gasteiger partial charge < -0.3 is 15.2 Å². The number of rotatable bonds is 6. The maximum atomic E-state index is 11.9. The van der Waals surface area contributed by atoms with Gasteiger partial charge in [0.2, 0.25) is 0 Å². The second-order valence-electron chi connectivity index (χ2n) is 4.90. The Bertz CT molecular complexity index is 803. The topological polar surface area (TPSA) is 119 Å². The number of carboxylic acids is 1. The Morgan fingerprint density at radius 3 is 2.58 bits per heavy atom. The van der Waals surface area contributed by atoms with E-state index in [0.717, 1.165) is 0 Å². The van der Waals surface area contributed by atoms with E-state index in [2.05, 4.69) is 5.32 Å². The third-order valence-electron chi connectivity index (χ3n) is 3.17. The summed E-state index contributed by atoms with van der Waals surface area (Å²) in [5, 5.41) is 22.3. The number of hydrogen-bond acceptors (Lipinski definition) is 5. The molecule has 2 rings (SSSR count). The van der Waals surface area contributed by atoms with E-state index in [0.29, 0.717) is 11.3 Å². The van der Waals surface area contributed by atoms with Crippen LogP contribution in [-0.2, 0) is 4.79 Å². The van der Waals surface area contributed by atoms with E-state index >= 15 is 0 Å². The molecular formula is C16H14N2O6. The number of nitro groups is 1. The van der Waals surface area contributed by atoms with Crippen molar-refractivity contribution in [2.24, 2.45) is 0 Å². The van der Waals surface area contributed by atoms with Gasteiger partial charge in [0.1, 0.15) is 0 Å². The molecule has 24 heavy (non-hydrogen) atoms. The van der Waals surface area contributed by atoms with Gasteiger partial charge in [0, 0.05) is 11.8 Å². The molecule has 8 heteroatoms. The highest BCUT2D eigenvalue weighted by atomic mass is 16.6. The number of nitrogens with zero attached hydrogens (tertiary/aromatic N) is 1. The smallest absolute Gasteiger partial charge is 0.335 e. The highest BCUT2D eigenvalue weighted by Crippen LogP contribution is 2.25. The van der Waals surface area contributed by atoms with Crippen LogP contribution in [0.3, 0.4) is 0 Å². The van der Waals surface area contributed by atoms with Gasteiger partial charge in [-0.2, -0.15) is 0 Å². The maximum absolute atomic E-state index is 11.9. The fourth-order valence-corrected chi connectivity index (χ4v) is 2.00. The molecule has 0 heterocycles. The fourth-order valence-electron chi connectivity index (χ4n) is 2.00. The number of nitro benzene ring substituents is 1. The van der Waals surface area contributed by atoms with Gasteiger partial charge in [-0.25, -0.2) is 4.79 Å². The van der Waals surface area contributed by atoms with Crippen molar-refractivity contribution in [1.82, 2.24) is 0 Å². The van der Waals surface area contributed by atoms with Crippen LogP contribution in [0.25, 0.3) is 0 Å². The lowest BCUT2D eigenvalue weighted by Crippen LogP contribution is -2.21. The molecule has 0 aliphatic rings. The first-order valence-corrected chi connectivity index (χ1v) is 6.88. The van der Waals surface area contributed by atoms with E-state index < -0.39 is 23.4 Å². The monoisotopic (exact) mass is 330 g/mol. The molecule has 0 fully saturated rings. The summed E-state index contributed by atoms with van der Waals surface area (Å²) in [4.78, 5) is 33.1. The van der Waals surface area contributed by atoms with Crippen LogP contribution in [-0.4, -0.2) is 28.5 Å². The first-order chi connectivity index (χ1) is 11.4. The van der Waals surface area contributed by atoms with Crippen molar-refractivity contribution < 1.29 is 24.4 Å². The number of amides is 1. The van der Waals surface area contributed by atoms with Crippen molar-refractivity contribution in [1.29, 1.82) is 0 Å². The summed E-state index contributed by atoms with van der Waals surface area (Å²) in [5.41, 5.74) is 0.902. The minimum atomic E-state index is -1.06. The van der Waals surface area contributed by atoms with Gasteiger partial charge in [0.15, 0.2) is 12.4 Å². The summed E-state index contributed by atoms with van der Waals surface area (Å²) in [7, 11) is 0. The molecule has 0 aromatic heterocycles. The van der Waals surface area contributed by atoms with Crippen LogP contribution in [0.5, 0.6) is 5.75 Å². The highest BCUT2D eigenvalue weighted by molar-refractivity contribution is 5.94. The molecule has 2 N–H and O–H groups in total. The summed E-state index contributed by atoms with van der Waals surface area (Å²) < 4.78 is 5.19. The zero-order chi connectivity index (χ0) is 17.7. The molecule has 0 bridgehead atoms. The SMILES string of the molecule is Cc1cc(C(=O)O)ccc1NC(=O)COc1ccccc1[N+](=O)[O-]. The fraction of sp³-hybridized carbons (Fsp3) is 0.125. The van der Waals surface area contributed by atoms with Crippen LogP contribution < -0.4 is 10.1 Å². The molecule has 2 aromatic rings. The number of carbonyl (C=O) groups excluding carboxylic acids is 1. The van der Waals surface area contributed by atoms with Crippen molar-refractivity contribution in [2.45, 2.75) is 6.92 Å². The van der Waals surface area contributed by atoms with Crippen LogP contribution in [0, 0.1) is 17.0 Å². The lowest BCUT2D eigenvalue weighted by molar-refractivity contribution is -0.385. The Hall–Kier alpha value is -3.42. The zero-order valence-electron chi connectivity index (χ0n) is 12.7. The number of hydrogen-bond donors (Lipinski definition) is 2. The summed E-state index contributed by atoms with van der Waals surface area (Å²) >= 11 is 0. The molecule has 0 radical (unpaired) electrons. The Balaban J connectivity index is 2.02. The Kier molecular flexibility index (Phi) is 5.10. The lowest BCUT2D eigenvalue weighted by Gasteiger charge is -2.10. The number of carboxylic acid groups (broad SMARTS) is 1. The van der Waals surface area contributed by atoms with Crippen molar-refractivity contribution in [3.05, 3.63) is 63.7 Å². The predicted molar refractivity (Wildman–Crippen MR) is 85.4 cm³/mol. The van der Waals surface area contributed by atoms with E-state index in [4.69, 9.17) is 9.84 Å². The number of ether oxygens (including phenoxy) is 1. The Morgan fingerprint density at radius 2 is 1.96 bits per heavy atom. The van der Waals surface area contributed by atoms with E-state index in [9.17, 15) is 19.7 Å². The second kappa shape index (κ2) is 7.23. The predicted octanol–water partition coefficient (Wildman–Crippen LogP) is 2.62. The molecule has 0 unspecified atom stereocenters. The number of aryl methyl sites for hydroxylation is 1. The third-order valence-corrected chi connectivity index (χ3v) is 3.17. The van der Waals surface area contributed by atoms with Crippen molar-refractivity contribution in [2.75, 3.05) is 11.9 Å². The van der Waals surface area contributed by atoms with Crippen molar-refractivity contribution in [3.8, 4) is 5.75 Å². The first kappa shape index (κ1) is 16.9. The van der Waals surface area contributed by atoms with Gasteiger partial charge in [-0.1, -0.05) is 12.1 Å². The van der Waals surface area contributed by atoms with Gasteiger partial charge in [-0.3, -0.25) is 14.9 Å². The quantitative estimate of drug-likeness (QED) is 0.621. The molecular weight excluding hydrogens is 316 g/mol. The van der Waals surface area contributed by atoms with Crippen LogP contribution in [0.2, 0.25) is 0 Å². The van der Waals surface area contributed by atoms with Gasteiger partial charge in [0.25, 0.3) is 5.91 Å². The molecule has 0 saturated carbocycles. The maximum Gasteiger partial charge on any atom is 0.335 e. The zero-order valence-corrected chi connectivity index (χ0v) is 12.7. The molecule has 0 spiro atoms. The number of carbonyl (C=O) groups is 2. The van der Waals surface area contributed by atoms with Crippen LogP contribution in [0.1, 0.15) is 15.9 Å². The summed E-state index contributed by atoms with van der Waals surface area (Å²) in [6, 6.07) is 10.0. The molecule has 0 aliphatic carbocycles. The lowest BCUT2D eigenvalue weighted by atomic mass is 10.1. The molecule has 0 atom stereocenters. The summed E-state index contributed by atoms with van der Waals surface area (Å²) in [5.74, 6) is -1.58. The third kappa shape index (κ3) is 4.07. The molecule has 124 valence electrons. The van der Waals surface area contributed by atoms with Crippen molar-refractivity contribution in [3.63, 3.8) is 0 Å². The molecule has 2 aromatic carbocycles. The molecule has 8 nitrogen and oxygen atoms in total. The number of aromatic carboxylic acids is 1. The average molecular weight is 330 g/mol. The molecule has 0 aliphatic heterocycles. The van der Waals surface area contributed by atoms with Gasteiger partial charge in [0.05, 0.1) is 10.5 Å². The summed E-state index contributed by atoms with van der Waals surface area (Å²) in [6.45, 7) is 1.25. The molecule has 0 saturated heterocycles. The minimum absolute atomic E-state index is 0.00408. The van der Waals surface area contributed by atoms with E-state index in [1.807, 2.05) is 0 Å². The largest absolute Gasteiger partial charge is 0.478 e. The average Bonchev–Trinajstić information content (AvgIpc) is 2.54. The van der Waals surface area contributed by atoms with E-state index in [1.165, 1.54) is 36.4 Å². The highest BCUT2D eigenvalue weighted by Gasteiger charge is 2.15. The van der Waals surface area contributed by atoms with E-state index in [-0.39, 0.29) is 17.0 Å². The van der Waals surface area contributed by atoms with Crippen LogP contribution in [0.4, 0.5) is 11.4 Å². The van der Waals surface area contributed by atoms with Gasteiger partial charge >= 0.3 is 11.7 Å². The van der Waals surface area contributed by atoms with Gasteiger partial charge in [-0.15, -0.1) is 0 Å². The second-order valence-corrected chi connectivity index (χ2v) is 4.90. The number of benzene rings is 2. The van der Waals surface area contributed by atoms with Crippen LogP contribution >= 0.6 is 0 Å². The Labute approximate surface area is 136 Å².